The van der Waals surface area contributed by atoms with Crippen molar-refractivity contribution >= 4 is 17.3 Å². The number of phenols is 1. The van der Waals surface area contributed by atoms with Gasteiger partial charge in [-0.1, -0.05) is 0 Å². The van der Waals surface area contributed by atoms with E-state index in [0.717, 1.165) is 0 Å². The van der Waals surface area contributed by atoms with E-state index in [1.165, 1.54) is 24.3 Å². The Morgan fingerprint density at radius 1 is 1.15 bits per heavy atom. The van der Waals surface area contributed by atoms with E-state index in [-0.39, 0.29) is 11.4 Å². The van der Waals surface area contributed by atoms with Crippen molar-refractivity contribution < 1.29 is 10.0 Å². The fraction of sp³-hybridized carbons (Fsp3) is 0. The number of nitro groups is 1. The van der Waals surface area contributed by atoms with Crippen LogP contribution in [0.3, 0.4) is 0 Å². The molecule has 0 bridgehead atoms. The van der Waals surface area contributed by atoms with Crippen molar-refractivity contribution in [3.05, 3.63) is 69.8 Å². The summed E-state index contributed by atoms with van der Waals surface area (Å²) in [5.74, 6) is 0.126. The Hall–Kier alpha value is -3.13. The van der Waals surface area contributed by atoms with Crippen molar-refractivity contribution in [2.45, 2.75) is 0 Å². The number of phenolic OH excluding ortho intramolecular Hbond substituents is 1. The second-order valence-corrected chi connectivity index (χ2v) is 4.07. The molecule has 20 heavy (non-hydrogen) atoms. The van der Waals surface area contributed by atoms with E-state index < -0.39 is 4.92 Å². The number of aromatic hydroxyl groups is 1. The van der Waals surface area contributed by atoms with Crippen LogP contribution in [-0.4, -0.2) is 10.0 Å². The van der Waals surface area contributed by atoms with Gasteiger partial charge in [0.15, 0.2) is 0 Å². The summed E-state index contributed by atoms with van der Waals surface area (Å²) in [5.41, 5.74) is 1.79. The van der Waals surface area contributed by atoms with Crippen LogP contribution in [0.1, 0.15) is 11.1 Å². The minimum Gasteiger partial charge on any atom is -0.508 e. The van der Waals surface area contributed by atoms with Gasteiger partial charge >= 0.3 is 0 Å². The number of non-ortho nitro benzene ring substituents is 1. The molecule has 0 saturated heterocycles. The van der Waals surface area contributed by atoms with Crippen LogP contribution >= 0.6 is 0 Å². The smallest absolute Gasteiger partial charge is 0.269 e. The molecule has 0 aliphatic rings. The molecule has 0 atom stereocenters. The van der Waals surface area contributed by atoms with Crippen LogP contribution in [0.5, 0.6) is 5.75 Å². The molecule has 0 heterocycles. The monoisotopic (exact) mass is 266 g/mol. The topological polar surface area (TPSA) is 87.2 Å². The van der Waals surface area contributed by atoms with Crippen molar-refractivity contribution in [2.75, 3.05) is 0 Å². The van der Waals surface area contributed by atoms with Crippen LogP contribution in [0.15, 0.2) is 48.5 Å². The standard InChI is InChI=1S/C15H10N2O3/c16-10-13(12-3-7-15(18)8-4-12)9-11-1-5-14(6-2-11)17(19)20/h1-9,18H. The van der Waals surface area contributed by atoms with Crippen LogP contribution in [0, 0.1) is 21.4 Å². The van der Waals surface area contributed by atoms with Gasteiger partial charge in [-0.15, -0.1) is 0 Å². The summed E-state index contributed by atoms with van der Waals surface area (Å²) in [4.78, 5) is 10.1. The maximum Gasteiger partial charge on any atom is 0.269 e. The Morgan fingerprint density at radius 3 is 2.25 bits per heavy atom. The summed E-state index contributed by atoms with van der Waals surface area (Å²) in [6.07, 6.45) is 1.64. The van der Waals surface area contributed by atoms with Crippen molar-refractivity contribution in [3.63, 3.8) is 0 Å². The maximum absolute atomic E-state index is 10.6. The number of hydrogen-bond acceptors (Lipinski definition) is 4. The number of rotatable bonds is 3. The van der Waals surface area contributed by atoms with E-state index in [4.69, 9.17) is 5.26 Å². The minimum atomic E-state index is -0.474. The van der Waals surface area contributed by atoms with E-state index in [2.05, 4.69) is 6.07 Å². The molecule has 0 spiro atoms. The lowest BCUT2D eigenvalue weighted by atomic mass is 10.0. The number of nitro benzene ring substituents is 1. The zero-order valence-corrected chi connectivity index (χ0v) is 10.4. The van der Waals surface area contributed by atoms with Crippen molar-refractivity contribution in [2.24, 2.45) is 0 Å². The Labute approximate surface area is 115 Å². The van der Waals surface area contributed by atoms with Gasteiger partial charge in [-0.25, -0.2) is 0 Å². The first-order valence-corrected chi connectivity index (χ1v) is 5.76. The predicted molar refractivity (Wildman–Crippen MR) is 74.7 cm³/mol. The second-order valence-electron chi connectivity index (χ2n) is 4.07. The van der Waals surface area contributed by atoms with Crippen molar-refractivity contribution in [1.29, 1.82) is 5.26 Å². The molecular weight excluding hydrogens is 256 g/mol. The lowest BCUT2D eigenvalue weighted by molar-refractivity contribution is -0.384. The van der Waals surface area contributed by atoms with Crippen LogP contribution < -0.4 is 0 Å². The third-order valence-corrected chi connectivity index (χ3v) is 2.71. The van der Waals surface area contributed by atoms with Crippen LogP contribution in [0.25, 0.3) is 11.6 Å². The molecule has 1 N–H and O–H groups in total. The highest BCUT2D eigenvalue weighted by Crippen LogP contribution is 2.21. The molecule has 0 fully saturated rings. The quantitative estimate of drug-likeness (QED) is 0.399. The molecule has 0 unspecified atom stereocenters. The molecule has 2 rings (SSSR count). The van der Waals surface area contributed by atoms with E-state index in [1.807, 2.05) is 0 Å². The maximum atomic E-state index is 10.6. The van der Waals surface area contributed by atoms with Gasteiger partial charge in [-0.05, 0) is 53.6 Å². The van der Waals surface area contributed by atoms with E-state index in [0.29, 0.717) is 16.7 Å². The number of benzene rings is 2. The van der Waals surface area contributed by atoms with Gasteiger partial charge in [0.2, 0.25) is 0 Å². The largest absolute Gasteiger partial charge is 0.508 e. The van der Waals surface area contributed by atoms with Gasteiger partial charge in [-0.3, -0.25) is 10.1 Å². The number of hydrogen-bond donors (Lipinski definition) is 1. The summed E-state index contributed by atoms with van der Waals surface area (Å²) in [6.45, 7) is 0. The summed E-state index contributed by atoms with van der Waals surface area (Å²) in [5, 5.41) is 28.9. The first-order valence-electron chi connectivity index (χ1n) is 5.76. The molecule has 0 aliphatic heterocycles. The Balaban J connectivity index is 2.34. The lowest BCUT2D eigenvalue weighted by Crippen LogP contribution is -1.87. The zero-order chi connectivity index (χ0) is 14.5. The third kappa shape index (κ3) is 3.00. The number of allylic oxidation sites excluding steroid dienone is 1. The average Bonchev–Trinajstić information content (AvgIpc) is 2.46. The molecule has 5 nitrogen and oxygen atoms in total. The van der Waals surface area contributed by atoms with Crippen LogP contribution in [-0.2, 0) is 0 Å². The molecule has 2 aromatic rings. The fourth-order valence-electron chi connectivity index (χ4n) is 1.68. The summed E-state index contributed by atoms with van der Waals surface area (Å²) >= 11 is 0. The molecule has 0 aromatic heterocycles. The van der Waals surface area contributed by atoms with E-state index >= 15 is 0 Å². The van der Waals surface area contributed by atoms with Crippen molar-refractivity contribution in [3.8, 4) is 11.8 Å². The Morgan fingerprint density at radius 2 is 1.75 bits per heavy atom. The normalized spacial score (nSPS) is 10.8. The molecule has 98 valence electrons. The Bertz CT molecular complexity index is 695. The van der Waals surface area contributed by atoms with Gasteiger partial charge < -0.3 is 5.11 Å². The number of nitrogens with zero attached hydrogens (tertiary/aromatic N) is 2. The summed E-state index contributed by atoms with van der Waals surface area (Å²) in [6, 6.07) is 14.3. The fourth-order valence-corrected chi connectivity index (χ4v) is 1.68. The van der Waals surface area contributed by atoms with E-state index in [9.17, 15) is 15.2 Å². The Kier molecular flexibility index (Phi) is 3.77. The molecule has 2 aromatic carbocycles. The molecule has 5 heteroatoms. The first kappa shape index (κ1) is 13.3. The van der Waals surface area contributed by atoms with Gasteiger partial charge in [-0.2, -0.15) is 5.26 Å². The van der Waals surface area contributed by atoms with Gasteiger partial charge in [0.05, 0.1) is 16.6 Å². The molecule has 0 saturated carbocycles. The van der Waals surface area contributed by atoms with Crippen molar-refractivity contribution in [1.82, 2.24) is 0 Å². The highest BCUT2D eigenvalue weighted by molar-refractivity contribution is 5.89. The van der Waals surface area contributed by atoms with Gasteiger partial charge in [0.25, 0.3) is 5.69 Å². The average molecular weight is 266 g/mol. The third-order valence-electron chi connectivity index (χ3n) is 2.71. The van der Waals surface area contributed by atoms with Gasteiger partial charge in [0, 0.05) is 12.1 Å². The lowest BCUT2D eigenvalue weighted by Gasteiger charge is -2.00. The molecular formula is C15H10N2O3. The highest BCUT2D eigenvalue weighted by Gasteiger charge is 2.05. The SMILES string of the molecule is N#CC(=Cc1ccc([N+](=O)[O-])cc1)c1ccc(O)cc1. The number of nitriles is 1. The van der Waals surface area contributed by atoms with Crippen LogP contribution in [0.2, 0.25) is 0 Å². The second kappa shape index (κ2) is 5.67. The zero-order valence-electron chi connectivity index (χ0n) is 10.4. The van der Waals surface area contributed by atoms with Crippen LogP contribution in [0.4, 0.5) is 5.69 Å². The van der Waals surface area contributed by atoms with Gasteiger partial charge in [0.1, 0.15) is 5.75 Å². The highest BCUT2D eigenvalue weighted by atomic mass is 16.6. The molecule has 0 amide bonds. The minimum absolute atomic E-state index is 0.00490. The first-order chi connectivity index (χ1) is 9.60. The molecule has 0 radical (unpaired) electrons. The summed E-state index contributed by atoms with van der Waals surface area (Å²) < 4.78 is 0. The van der Waals surface area contributed by atoms with E-state index in [1.54, 1.807) is 30.3 Å². The summed E-state index contributed by atoms with van der Waals surface area (Å²) in [7, 11) is 0. The predicted octanol–water partition coefficient (Wildman–Crippen LogP) is 3.36. The molecule has 0 aliphatic carbocycles.